The predicted molar refractivity (Wildman–Crippen MR) is 241 cm³/mol. The van der Waals surface area contributed by atoms with Crippen LogP contribution in [-0.4, -0.2) is 120 Å². The molecule has 2 aliphatic carbocycles. The van der Waals surface area contributed by atoms with Crippen LogP contribution in [0.25, 0.3) is 23.0 Å². The lowest BCUT2D eigenvalue weighted by molar-refractivity contribution is -0.122. The Hall–Kier alpha value is -5.81. The molecule has 0 fully saturated rings. The Labute approximate surface area is 370 Å². The third-order valence-electron chi connectivity index (χ3n) is 9.36. The molecule has 0 spiro atoms. The van der Waals surface area contributed by atoms with Crippen LogP contribution in [0.1, 0.15) is 109 Å². The van der Waals surface area contributed by atoms with Gasteiger partial charge in [0.2, 0.25) is 11.8 Å². The summed E-state index contributed by atoms with van der Waals surface area (Å²) < 4.78 is 11.3. The highest BCUT2D eigenvalue weighted by Crippen LogP contribution is 2.33. The standard InChI is InChI=1S/C23H31N5O4.C23H33N5O3/c1-22(2,3)27-18(30)12-28(6)21-19-15(7-8-17(19)29)25-20(26-21)16-11-14(9-10-24-16)32-13-23(4,5)31;1-22(2,3)27-19(29)13-28(6)21-16-8-7-9-17(16)25-20(26-21)18-12-15(10-11-24-18)31-14-23(4,5)30/h9-11,31H,7-8,12-13H2,1-6H3,(H,27,30);10-12,30H,7-9,13-14H2,1-6H3,(H,27,29). The van der Waals surface area contributed by atoms with Crippen molar-refractivity contribution >= 4 is 29.2 Å². The number of hydrogen-bond donors (Lipinski definition) is 4. The summed E-state index contributed by atoms with van der Waals surface area (Å²) in [6.45, 7) is 18.9. The molecule has 0 bridgehead atoms. The van der Waals surface area contributed by atoms with E-state index in [1.807, 2.05) is 53.5 Å². The maximum absolute atomic E-state index is 12.5. The summed E-state index contributed by atoms with van der Waals surface area (Å²) in [6, 6.07) is 6.90. The normalized spacial score (nSPS) is 13.7. The molecule has 0 saturated heterocycles. The second-order valence-electron chi connectivity index (χ2n) is 19.5. The van der Waals surface area contributed by atoms with Gasteiger partial charge in [0.1, 0.15) is 47.7 Å². The van der Waals surface area contributed by atoms with Crippen LogP contribution in [0, 0.1) is 0 Å². The van der Waals surface area contributed by atoms with E-state index in [1.165, 1.54) is 0 Å². The molecular weight excluding hydrogens is 805 g/mol. The number of aliphatic hydroxyl groups is 2. The van der Waals surface area contributed by atoms with E-state index < -0.39 is 11.2 Å². The zero-order valence-electron chi connectivity index (χ0n) is 38.8. The summed E-state index contributed by atoms with van der Waals surface area (Å²) in [5, 5.41) is 25.7. The Morgan fingerprint density at radius 3 is 1.59 bits per heavy atom. The van der Waals surface area contributed by atoms with Crippen LogP contribution in [0.4, 0.5) is 11.6 Å². The third kappa shape index (κ3) is 14.4. The van der Waals surface area contributed by atoms with E-state index in [0.29, 0.717) is 64.5 Å². The molecule has 2 aliphatic rings. The first-order valence-corrected chi connectivity index (χ1v) is 21.2. The number of fused-ring (bicyclic) bond motifs is 2. The number of rotatable bonds is 14. The van der Waals surface area contributed by atoms with Crippen molar-refractivity contribution in [2.45, 2.75) is 124 Å². The fourth-order valence-electron chi connectivity index (χ4n) is 6.81. The number of carbonyl (C=O) groups is 3. The number of aromatic nitrogens is 6. The molecule has 0 aliphatic heterocycles. The summed E-state index contributed by atoms with van der Waals surface area (Å²) in [4.78, 5) is 68.5. The van der Waals surface area contributed by atoms with Gasteiger partial charge in [-0.2, -0.15) is 0 Å². The minimum atomic E-state index is -0.975. The van der Waals surface area contributed by atoms with Crippen molar-refractivity contribution in [3.63, 3.8) is 0 Å². The van der Waals surface area contributed by atoms with Crippen molar-refractivity contribution < 1.29 is 34.1 Å². The van der Waals surface area contributed by atoms with Crippen molar-refractivity contribution in [3.8, 4) is 34.5 Å². The smallest absolute Gasteiger partial charge is 0.239 e. The second-order valence-corrected chi connectivity index (χ2v) is 19.5. The molecule has 63 heavy (non-hydrogen) atoms. The van der Waals surface area contributed by atoms with Crippen molar-refractivity contribution in [2.75, 3.05) is 50.2 Å². The van der Waals surface area contributed by atoms with Gasteiger partial charge in [0.25, 0.3) is 0 Å². The summed E-state index contributed by atoms with van der Waals surface area (Å²) in [5.74, 6) is 2.92. The highest BCUT2D eigenvalue weighted by molar-refractivity contribution is 6.04. The van der Waals surface area contributed by atoms with Gasteiger partial charge in [-0.25, -0.2) is 19.9 Å². The fourth-order valence-corrected chi connectivity index (χ4v) is 6.81. The first kappa shape index (κ1) is 48.2. The number of pyridine rings is 2. The number of amides is 2. The van der Waals surface area contributed by atoms with E-state index in [9.17, 15) is 24.6 Å². The highest BCUT2D eigenvalue weighted by atomic mass is 16.5. The Kier molecular flexibility index (Phi) is 14.8. The third-order valence-corrected chi connectivity index (χ3v) is 9.36. The average molecular weight is 869 g/mol. The summed E-state index contributed by atoms with van der Waals surface area (Å²) in [6.07, 6.45) is 6.92. The summed E-state index contributed by atoms with van der Waals surface area (Å²) >= 11 is 0. The van der Waals surface area contributed by atoms with Gasteiger partial charge >= 0.3 is 0 Å². The molecule has 4 heterocycles. The van der Waals surface area contributed by atoms with E-state index in [1.54, 1.807) is 76.3 Å². The Balaban J connectivity index is 0.000000238. The van der Waals surface area contributed by atoms with Gasteiger partial charge in [0.15, 0.2) is 17.4 Å². The maximum atomic E-state index is 12.5. The van der Waals surface area contributed by atoms with Gasteiger partial charge in [-0.15, -0.1) is 0 Å². The molecule has 0 atom stereocenters. The van der Waals surface area contributed by atoms with Crippen LogP contribution in [-0.2, 0) is 28.9 Å². The highest BCUT2D eigenvalue weighted by Gasteiger charge is 2.30. The SMILES string of the molecule is CN(CC(=O)NC(C)(C)C)c1nc(-c2cc(OCC(C)(C)O)ccn2)nc2c1C(=O)CC2.CN(CC(=O)NC(C)(C)C)c1nc(-c2cc(OCC(C)(C)O)ccn2)nc2c1CCC2. The largest absolute Gasteiger partial charge is 0.490 e. The van der Waals surface area contributed by atoms with E-state index in [-0.39, 0.29) is 55.0 Å². The number of nitrogens with zero attached hydrogens (tertiary/aromatic N) is 8. The molecular formula is C46H64N10O7. The molecule has 0 aromatic carbocycles. The van der Waals surface area contributed by atoms with E-state index in [0.717, 1.165) is 36.3 Å². The molecule has 6 rings (SSSR count). The fraction of sp³-hybridized carbons (Fsp3) is 0.543. The van der Waals surface area contributed by atoms with Crippen LogP contribution in [0.5, 0.6) is 11.5 Å². The van der Waals surface area contributed by atoms with Crippen LogP contribution >= 0.6 is 0 Å². The molecule has 0 radical (unpaired) electrons. The van der Waals surface area contributed by atoms with E-state index >= 15 is 0 Å². The minimum absolute atomic E-state index is 0.0279. The average Bonchev–Trinajstić information content (AvgIpc) is 3.80. The Morgan fingerprint density at radius 1 is 0.651 bits per heavy atom. The molecule has 2 amide bonds. The molecule has 0 saturated carbocycles. The molecule has 4 N–H and O–H groups in total. The summed E-state index contributed by atoms with van der Waals surface area (Å²) in [5.41, 5.74) is 1.75. The molecule has 4 aromatic rings. The zero-order valence-corrected chi connectivity index (χ0v) is 38.8. The number of anilines is 2. The van der Waals surface area contributed by atoms with E-state index in [4.69, 9.17) is 19.4 Å². The van der Waals surface area contributed by atoms with Gasteiger partial charge in [-0.3, -0.25) is 24.4 Å². The number of ketones is 1. The van der Waals surface area contributed by atoms with Crippen LogP contribution in [0.15, 0.2) is 36.7 Å². The molecule has 0 unspecified atom stereocenters. The number of ether oxygens (including phenoxy) is 2. The Morgan fingerprint density at radius 2 is 1.11 bits per heavy atom. The van der Waals surface area contributed by atoms with Gasteiger partial charge in [0, 0.05) is 67.4 Å². The first-order valence-electron chi connectivity index (χ1n) is 21.2. The van der Waals surface area contributed by atoms with Crippen LogP contribution in [0.2, 0.25) is 0 Å². The summed E-state index contributed by atoms with van der Waals surface area (Å²) in [7, 11) is 3.61. The van der Waals surface area contributed by atoms with Gasteiger partial charge in [-0.05, 0) is 107 Å². The van der Waals surface area contributed by atoms with E-state index in [2.05, 4.69) is 30.6 Å². The number of likely N-dealkylation sites (N-methyl/N-ethyl adjacent to an activating group) is 2. The van der Waals surface area contributed by atoms with Gasteiger partial charge in [-0.1, -0.05) is 0 Å². The zero-order chi connectivity index (χ0) is 46.5. The Bertz CT molecular complexity index is 2290. The van der Waals surface area contributed by atoms with Crippen LogP contribution < -0.4 is 29.9 Å². The lowest BCUT2D eigenvalue weighted by Gasteiger charge is -2.25. The number of hydrogen-bond acceptors (Lipinski definition) is 15. The molecule has 4 aromatic heterocycles. The van der Waals surface area contributed by atoms with Crippen molar-refractivity contribution in [2.24, 2.45) is 0 Å². The number of carbonyl (C=O) groups excluding carboxylic acids is 3. The van der Waals surface area contributed by atoms with Crippen LogP contribution in [0.3, 0.4) is 0 Å². The number of nitrogens with one attached hydrogen (secondary N) is 2. The second kappa shape index (κ2) is 19.3. The quantitative estimate of drug-likeness (QED) is 0.135. The van der Waals surface area contributed by atoms with Crippen molar-refractivity contribution in [3.05, 3.63) is 59.2 Å². The number of aryl methyl sites for hydroxylation is 2. The van der Waals surface area contributed by atoms with Crippen molar-refractivity contribution in [1.29, 1.82) is 0 Å². The molecule has 17 nitrogen and oxygen atoms in total. The van der Waals surface area contributed by atoms with Gasteiger partial charge < -0.3 is 40.1 Å². The topological polar surface area (TPSA) is 218 Å². The van der Waals surface area contributed by atoms with Crippen molar-refractivity contribution in [1.82, 2.24) is 40.5 Å². The lowest BCUT2D eigenvalue weighted by atomic mass is 10.1. The predicted octanol–water partition coefficient (Wildman–Crippen LogP) is 4.70. The maximum Gasteiger partial charge on any atom is 0.239 e. The molecule has 340 valence electrons. The minimum Gasteiger partial charge on any atom is -0.490 e. The number of Topliss-reactive ketones (excluding diaryl/α,β-unsaturated/α-hetero) is 1. The molecule has 17 heteroatoms. The van der Waals surface area contributed by atoms with Gasteiger partial charge in [0.05, 0.1) is 35.5 Å². The first-order chi connectivity index (χ1) is 29.2. The monoisotopic (exact) mass is 868 g/mol. The lowest BCUT2D eigenvalue weighted by Crippen LogP contribution is -2.45.